The van der Waals surface area contributed by atoms with Gasteiger partial charge in [0.25, 0.3) is 0 Å². The van der Waals surface area contributed by atoms with E-state index in [9.17, 15) is 0 Å². The van der Waals surface area contributed by atoms with E-state index in [1.54, 1.807) is 11.3 Å². The van der Waals surface area contributed by atoms with Crippen LogP contribution in [0.1, 0.15) is 28.2 Å². The van der Waals surface area contributed by atoms with Crippen molar-refractivity contribution in [3.8, 4) is 0 Å². The number of hydrogen-bond donors (Lipinski definition) is 0. The fraction of sp³-hybridized carbons (Fsp3) is 0.286. The lowest BCUT2D eigenvalue weighted by Gasteiger charge is -2.06. The Morgan fingerprint density at radius 2 is 2.00 bits per heavy atom. The zero-order valence-electron chi connectivity index (χ0n) is 9.45. The Morgan fingerprint density at radius 1 is 1.28 bits per heavy atom. The van der Waals surface area contributed by atoms with Crippen LogP contribution < -0.4 is 0 Å². The lowest BCUT2D eigenvalue weighted by molar-refractivity contribution is 0.776. The highest BCUT2D eigenvalue weighted by molar-refractivity contribution is 9.11. The zero-order valence-corrected chi connectivity index (χ0v) is 13.4. The average molecular weight is 362 g/mol. The summed E-state index contributed by atoms with van der Waals surface area (Å²) in [5.41, 5.74) is 1.40. The summed E-state index contributed by atoms with van der Waals surface area (Å²) < 4.78 is 0.974. The molecule has 0 nitrogen and oxygen atoms in total. The van der Waals surface area contributed by atoms with Crippen molar-refractivity contribution in [2.75, 3.05) is 0 Å². The Hall–Kier alpha value is -0.0200. The summed E-state index contributed by atoms with van der Waals surface area (Å²) >= 11 is 17.7. The molecule has 0 aliphatic heterocycles. The number of alkyl halides is 1. The summed E-state index contributed by atoms with van der Waals surface area (Å²) in [7, 11) is 0. The molecular weight excluding hydrogens is 351 g/mol. The minimum atomic E-state index is 0.0732. The molecule has 3 atom stereocenters. The monoisotopic (exact) mass is 360 g/mol. The first-order chi connectivity index (χ1) is 8.66. The van der Waals surface area contributed by atoms with Crippen molar-refractivity contribution in [1.82, 2.24) is 0 Å². The van der Waals surface area contributed by atoms with Crippen molar-refractivity contribution in [2.45, 2.75) is 17.7 Å². The van der Waals surface area contributed by atoms with Gasteiger partial charge in [-0.15, -0.1) is 22.9 Å². The van der Waals surface area contributed by atoms with E-state index in [2.05, 4.69) is 46.3 Å². The molecule has 1 heterocycles. The minimum absolute atomic E-state index is 0.0732. The first kappa shape index (κ1) is 13.0. The van der Waals surface area contributed by atoms with Crippen LogP contribution in [0.25, 0.3) is 0 Å². The Labute approximate surface area is 129 Å². The molecule has 2 aromatic rings. The van der Waals surface area contributed by atoms with E-state index >= 15 is 0 Å². The standard InChI is InChI=1S/C14H11BrCl2S/c15-14-11(16)7-12(18-14)13(17)10-6-9(10)8-4-2-1-3-5-8/h1-5,7,9-10,13H,6H2. The molecule has 0 bridgehead atoms. The molecule has 0 amide bonds. The summed E-state index contributed by atoms with van der Waals surface area (Å²) in [6.45, 7) is 0. The summed E-state index contributed by atoms with van der Waals surface area (Å²) in [5.74, 6) is 1.14. The summed E-state index contributed by atoms with van der Waals surface area (Å²) in [6, 6.07) is 12.6. The third-order valence-corrected chi connectivity index (χ3v) is 6.63. The van der Waals surface area contributed by atoms with Gasteiger partial charge in [-0.25, -0.2) is 0 Å². The lowest BCUT2D eigenvalue weighted by atomic mass is 10.1. The van der Waals surface area contributed by atoms with Crippen molar-refractivity contribution in [3.05, 3.63) is 55.6 Å². The molecule has 3 unspecified atom stereocenters. The van der Waals surface area contributed by atoms with E-state index in [0.29, 0.717) is 11.8 Å². The third kappa shape index (κ3) is 2.49. The van der Waals surface area contributed by atoms with Crippen molar-refractivity contribution < 1.29 is 0 Å². The van der Waals surface area contributed by atoms with E-state index < -0.39 is 0 Å². The Bertz CT molecular complexity index is 533. The number of thiophene rings is 1. The van der Waals surface area contributed by atoms with Gasteiger partial charge >= 0.3 is 0 Å². The predicted octanol–water partition coefficient (Wildman–Crippen LogP) is 6.25. The smallest absolute Gasteiger partial charge is 0.0887 e. The van der Waals surface area contributed by atoms with Gasteiger partial charge in [-0.2, -0.15) is 0 Å². The highest BCUT2D eigenvalue weighted by Crippen LogP contribution is 2.57. The van der Waals surface area contributed by atoms with Gasteiger partial charge in [-0.3, -0.25) is 0 Å². The van der Waals surface area contributed by atoms with Crippen molar-refractivity contribution in [1.29, 1.82) is 0 Å². The molecule has 1 fully saturated rings. The molecule has 0 saturated heterocycles. The summed E-state index contributed by atoms with van der Waals surface area (Å²) in [6.07, 6.45) is 1.17. The van der Waals surface area contributed by atoms with Gasteiger partial charge in [0.05, 0.1) is 14.2 Å². The maximum absolute atomic E-state index is 6.56. The molecule has 1 aromatic heterocycles. The van der Waals surface area contributed by atoms with Gasteiger partial charge in [0.2, 0.25) is 0 Å². The van der Waals surface area contributed by atoms with Crippen LogP contribution in [0, 0.1) is 5.92 Å². The SMILES string of the molecule is Clc1cc(C(Cl)C2CC2c2ccccc2)sc1Br. The van der Waals surface area contributed by atoms with Gasteiger partial charge < -0.3 is 0 Å². The molecule has 0 N–H and O–H groups in total. The van der Waals surface area contributed by atoms with E-state index in [-0.39, 0.29) is 5.38 Å². The summed E-state index contributed by atoms with van der Waals surface area (Å²) in [4.78, 5) is 1.16. The van der Waals surface area contributed by atoms with E-state index in [1.807, 2.05) is 6.07 Å². The Kier molecular flexibility index (Phi) is 3.72. The molecule has 94 valence electrons. The third-order valence-electron chi connectivity index (χ3n) is 3.38. The highest BCUT2D eigenvalue weighted by Gasteiger charge is 2.44. The predicted molar refractivity (Wildman–Crippen MR) is 82.9 cm³/mol. The zero-order chi connectivity index (χ0) is 12.7. The van der Waals surface area contributed by atoms with Gasteiger partial charge in [-0.1, -0.05) is 41.9 Å². The largest absolute Gasteiger partial charge is 0.130 e. The van der Waals surface area contributed by atoms with E-state index in [0.717, 1.165) is 13.7 Å². The molecule has 4 heteroatoms. The number of hydrogen-bond acceptors (Lipinski definition) is 1. The van der Waals surface area contributed by atoms with Crippen molar-refractivity contribution in [2.24, 2.45) is 5.92 Å². The molecule has 1 saturated carbocycles. The van der Waals surface area contributed by atoms with Crippen LogP contribution in [0.3, 0.4) is 0 Å². The fourth-order valence-electron chi connectivity index (χ4n) is 2.33. The van der Waals surface area contributed by atoms with E-state index in [1.165, 1.54) is 12.0 Å². The quantitative estimate of drug-likeness (QED) is 0.567. The summed E-state index contributed by atoms with van der Waals surface area (Å²) in [5, 5.41) is 0.835. The minimum Gasteiger partial charge on any atom is -0.130 e. The molecule has 1 aromatic carbocycles. The van der Waals surface area contributed by atoms with Crippen LogP contribution in [0.15, 0.2) is 40.2 Å². The molecule has 0 radical (unpaired) electrons. The maximum atomic E-state index is 6.56. The Morgan fingerprint density at radius 3 is 2.61 bits per heavy atom. The first-order valence-electron chi connectivity index (χ1n) is 5.80. The molecular formula is C14H11BrCl2S. The van der Waals surface area contributed by atoms with Crippen molar-refractivity contribution in [3.63, 3.8) is 0 Å². The average Bonchev–Trinajstić information content (AvgIpc) is 3.11. The van der Waals surface area contributed by atoms with Crippen LogP contribution >= 0.6 is 50.5 Å². The topological polar surface area (TPSA) is 0 Å². The normalized spacial score (nSPS) is 23.9. The molecule has 3 rings (SSSR count). The van der Waals surface area contributed by atoms with E-state index in [4.69, 9.17) is 23.2 Å². The fourth-order valence-corrected chi connectivity index (χ4v) is 4.61. The number of halogens is 3. The second kappa shape index (κ2) is 5.16. The molecule has 1 aliphatic carbocycles. The van der Waals surface area contributed by atoms with Crippen LogP contribution in [0.5, 0.6) is 0 Å². The highest BCUT2D eigenvalue weighted by atomic mass is 79.9. The van der Waals surface area contributed by atoms with Gasteiger partial charge in [-0.05, 0) is 45.8 Å². The number of benzene rings is 1. The molecule has 1 aliphatic rings. The molecule has 18 heavy (non-hydrogen) atoms. The second-order valence-corrected chi connectivity index (χ2v) is 7.87. The van der Waals surface area contributed by atoms with Crippen LogP contribution in [0.2, 0.25) is 5.02 Å². The Balaban J connectivity index is 1.75. The van der Waals surface area contributed by atoms with Gasteiger partial charge in [0.1, 0.15) is 0 Å². The van der Waals surface area contributed by atoms with Crippen LogP contribution in [0.4, 0.5) is 0 Å². The van der Waals surface area contributed by atoms with Crippen LogP contribution in [-0.4, -0.2) is 0 Å². The lowest BCUT2D eigenvalue weighted by Crippen LogP contribution is -1.92. The first-order valence-corrected chi connectivity index (χ1v) is 8.23. The molecule has 0 spiro atoms. The van der Waals surface area contributed by atoms with Gasteiger partial charge in [0.15, 0.2) is 0 Å². The second-order valence-electron chi connectivity index (χ2n) is 4.59. The van der Waals surface area contributed by atoms with Crippen molar-refractivity contribution >= 4 is 50.5 Å². The van der Waals surface area contributed by atoms with Crippen LogP contribution in [-0.2, 0) is 0 Å². The maximum Gasteiger partial charge on any atom is 0.0887 e. The van der Waals surface area contributed by atoms with Gasteiger partial charge in [0, 0.05) is 4.88 Å². The number of rotatable bonds is 3.